The fourth-order valence-electron chi connectivity index (χ4n) is 2.87. The SMILES string of the molecule is COc1ccc(C)cc1CCNC(=NCC(=O)N(C)C)NCC1CCOC1.I. The van der Waals surface area contributed by atoms with Gasteiger partial charge in [0.1, 0.15) is 12.3 Å². The van der Waals surface area contributed by atoms with Crippen LogP contribution in [0.5, 0.6) is 5.75 Å². The number of rotatable bonds is 8. The van der Waals surface area contributed by atoms with Crippen molar-refractivity contribution < 1.29 is 14.3 Å². The Kier molecular flexibility index (Phi) is 11.2. The number of nitrogens with one attached hydrogen (secondary N) is 2. The lowest BCUT2D eigenvalue weighted by atomic mass is 10.1. The minimum absolute atomic E-state index is 0. The lowest BCUT2D eigenvalue weighted by molar-refractivity contribution is -0.127. The van der Waals surface area contributed by atoms with Crippen LogP contribution in [-0.2, 0) is 16.0 Å². The normalized spacial score (nSPS) is 16.3. The number of hydrogen-bond donors (Lipinski definition) is 2. The zero-order valence-corrected chi connectivity index (χ0v) is 19.6. The molecule has 1 atom stereocenters. The third kappa shape index (κ3) is 8.22. The first kappa shape index (κ1) is 24.5. The quantitative estimate of drug-likeness (QED) is 0.321. The Hall–Kier alpha value is -1.55. The summed E-state index contributed by atoms with van der Waals surface area (Å²) in [6.07, 6.45) is 1.86. The van der Waals surface area contributed by atoms with Crippen molar-refractivity contribution in [2.24, 2.45) is 10.9 Å². The van der Waals surface area contributed by atoms with E-state index in [0.717, 1.165) is 43.9 Å². The van der Waals surface area contributed by atoms with Gasteiger partial charge in [0.2, 0.25) is 5.91 Å². The van der Waals surface area contributed by atoms with Crippen LogP contribution < -0.4 is 15.4 Å². The first-order chi connectivity index (χ1) is 13.0. The standard InChI is InChI=1S/C20H32N4O3.HI/c1-15-5-6-18(26-4)17(11-15)7-9-21-20(23-13-19(25)24(2)3)22-12-16-8-10-27-14-16;/h5-6,11,16H,7-10,12-14H2,1-4H3,(H2,21,22,23);1H. The summed E-state index contributed by atoms with van der Waals surface area (Å²) in [5, 5.41) is 6.67. The first-order valence-electron chi connectivity index (χ1n) is 9.43. The number of halogens is 1. The molecule has 158 valence electrons. The van der Waals surface area contributed by atoms with Crippen LogP contribution in [-0.4, -0.2) is 70.8 Å². The topological polar surface area (TPSA) is 75.2 Å². The zero-order chi connectivity index (χ0) is 19.6. The monoisotopic (exact) mass is 504 g/mol. The van der Waals surface area contributed by atoms with Gasteiger partial charge in [-0.2, -0.15) is 0 Å². The molecular formula is C20H33IN4O3. The number of carbonyl (C=O) groups is 1. The van der Waals surface area contributed by atoms with Gasteiger partial charge >= 0.3 is 0 Å². The van der Waals surface area contributed by atoms with Gasteiger partial charge in [-0.3, -0.25) is 4.79 Å². The Bertz CT molecular complexity index is 646. The van der Waals surface area contributed by atoms with E-state index >= 15 is 0 Å². The molecule has 0 aromatic heterocycles. The molecule has 0 spiro atoms. The molecule has 0 saturated carbocycles. The van der Waals surface area contributed by atoms with Gasteiger partial charge in [-0.05, 0) is 31.4 Å². The summed E-state index contributed by atoms with van der Waals surface area (Å²) in [7, 11) is 5.16. The molecule has 1 unspecified atom stereocenters. The molecule has 1 heterocycles. The summed E-state index contributed by atoms with van der Waals surface area (Å²) in [6, 6.07) is 6.17. The van der Waals surface area contributed by atoms with Crippen LogP contribution in [0.4, 0.5) is 0 Å². The Labute approximate surface area is 185 Å². The molecule has 1 aromatic rings. The van der Waals surface area contributed by atoms with Crippen molar-refractivity contribution in [2.45, 2.75) is 19.8 Å². The van der Waals surface area contributed by atoms with E-state index in [1.165, 1.54) is 5.56 Å². The summed E-state index contributed by atoms with van der Waals surface area (Å²) in [4.78, 5) is 17.8. The molecule has 1 amide bonds. The van der Waals surface area contributed by atoms with Gasteiger partial charge in [0, 0.05) is 39.7 Å². The van der Waals surface area contributed by atoms with E-state index in [2.05, 4.69) is 28.6 Å². The number of likely N-dealkylation sites (N-methyl/N-ethyl adjacent to an activating group) is 1. The van der Waals surface area contributed by atoms with Gasteiger partial charge in [-0.1, -0.05) is 17.7 Å². The van der Waals surface area contributed by atoms with Gasteiger partial charge in [-0.25, -0.2) is 4.99 Å². The molecule has 8 heteroatoms. The van der Waals surface area contributed by atoms with Gasteiger partial charge in [0.25, 0.3) is 0 Å². The number of hydrogen-bond acceptors (Lipinski definition) is 4. The minimum Gasteiger partial charge on any atom is -0.496 e. The maximum Gasteiger partial charge on any atom is 0.243 e. The molecule has 0 aliphatic carbocycles. The van der Waals surface area contributed by atoms with E-state index in [9.17, 15) is 4.79 Å². The molecule has 2 rings (SSSR count). The second-order valence-corrected chi connectivity index (χ2v) is 7.06. The van der Waals surface area contributed by atoms with Crippen molar-refractivity contribution in [3.05, 3.63) is 29.3 Å². The predicted molar refractivity (Wildman–Crippen MR) is 123 cm³/mol. The van der Waals surface area contributed by atoms with Crippen molar-refractivity contribution in [2.75, 3.05) is 54.1 Å². The molecule has 1 aliphatic heterocycles. The molecule has 1 aliphatic rings. The molecule has 0 bridgehead atoms. The van der Waals surface area contributed by atoms with Crippen molar-refractivity contribution in [1.29, 1.82) is 0 Å². The molecule has 1 aromatic carbocycles. The lowest BCUT2D eigenvalue weighted by Gasteiger charge is -2.16. The smallest absolute Gasteiger partial charge is 0.243 e. The minimum atomic E-state index is -0.0272. The number of guanidine groups is 1. The molecule has 28 heavy (non-hydrogen) atoms. The molecule has 0 radical (unpaired) electrons. The Balaban J connectivity index is 0.00000392. The third-order valence-corrected chi connectivity index (χ3v) is 4.58. The maximum absolute atomic E-state index is 11.9. The van der Waals surface area contributed by atoms with Gasteiger partial charge in [0.15, 0.2) is 5.96 Å². The van der Waals surface area contributed by atoms with E-state index in [1.807, 2.05) is 12.1 Å². The molecule has 1 saturated heterocycles. The number of carbonyl (C=O) groups excluding carboxylic acids is 1. The van der Waals surface area contributed by atoms with Crippen LogP contribution in [0.3, 0.4) is 0 Å². The molecule has 7 nitrogen and oxygen atoms in total. The summed E-state index contributed by atoms with van der Waals surface area (Å²) in [5.41, 5.74) is 2.36. The summed E-state index contributed by atoms with van der Waals surface area (Å²) in [6.45, 7) is 5.27. The Morgan fingerprint density at radius 3 is 2.79 bits per heavy atom. The second kappa shape index (κ2) is 12.8. The molecule has 1 fully saturated rings. The maximum atomic E-state index is 11.9. The largest absolute Gasteiger partial charge is 0.496 e. The number of ether oxygens (including phenoxy) is 2. The van der Waals surface area contributed by atoms with E-state index in [0.29, 0.717) is 18.4 Å². The van der Waals surface area contributed by atoms with E-state index in [1.54, 1.807) is 26.1 Å². The van der Waals surface area contributed by atoms with Crippen LogP contribution in [0.2, 0.25) is 0 Å². The van der Waals surface area contributed by atoms with Gasteiger partial charge in [-0.15, -0.1) is 24.0 Å². The van der Waals surface area contributed by atoms with E-state index in [4.69, 9.17) is 9.47 Å². The van der Waals surface area contributed by atoms with Crippen molar-refractivity contribution in [3.8, 4) is 5.75 Å². The van der Waals surface area contributed by atoms with Crippen molar-refractivity contribution >= 4 is 35.8 Å². The number of methoxy groups -OCH3 is 1. The summed E-state index contributed by atoms with van der Waals surface area (Å²) >= 11 is 0. The molecule has 2 N–H and O–H groups in total. The van der Waals surface area contributed by atoms with E-state index in [-0.39, 0.29) is 36.4 Å². The predicted octanol–water partition coefficient (Wildman–Crippen LogP) is 1.82. The number of aryl methyl sites for hydroxylation is 1. The Morgan fingerprint density at radius 2 is 2.14 bits per heavy atom. The highest BCUT2D eigenvalue weighted by molar-refractivity contribution is 14.0. The van der Waals surface area contributed by atoms with Crippen LogP contribution in [0.15, 0.2) is 23.2 Å². The second-order valence-electron chi connectivity index (χ2n) is 7.06. The summed E-state index contributed by atoms with van der Waals surface area (Å²) in [5.74, 6) is 2.00. The van der Waals surface area contributed by atoms with Crippen molar-refractivity contribution in [1.82, 2.24) is 15.5 Å². The van der Waals surface area contributed by atoms with Crippen LogP contribution in [0, 0.1) is 12.8 Å². The average molecular weight is 504 g/mol. The highest BCUT2D eigenvalue weighted by atomic mass is 127. The fourth-order valence-corrected chi connectivity index (χ4v) is 2.87. The fraction of sp³-hybridized carbons (Fsp3) is 0.600. The Morgan fingerprint density at radius 1 is 1.36 bits per heavy atom. The number of nitrogens with zero attached hydrogens (tertiary/aromatic N) is 2. The van der Waals surface area contributed by atoms with Crippen LogP contribution >= 0.6 is 24.0 Å². The van der Waals surface area contributed by atoms with Crippen LogP contribution in [0.1, 0.15) is 17.5 Å². The van der Waals surface area contributed by atoms with Gasteiger partial charge in [0.05, 0.1) is 13.7 Å². The highest BCUT2D eigenvalue weighted by Crippen LogP contribution is 2.19. The van der Waals surface area contributed by atoms with E-state index < -0.39 is 0 Å². The molecular weight excluding hydrogens is 471 g/mol. The van der Waals surface area contributed by atoms with Gasteiger partial charge < -0.3 is 25.0 Å². The summed E-state index contributed by atoms with van der Waals surface area (Å²) < 4.78 is 10.9. The highest BCUT2D eigenvalue weighted by Gasteiger charge is 2.16. The third-order valence-electron chi connectivity index (χ3n) is 4.58. The number of amides is 1. The average Bonchev–Trinajstić information content (AvgIpc) is 3.16. The first-order valence-corrected chi connectivity index (χ1v) is 9.43. The zero-order valence-electron chi connectivity index (χ0n) is 17.3. The number of aliphatic imine (C=N–C) groups is 1. The number of benzene rings is 1. The van der Waals surface area contributed by atoms with Crippen LogP contribution in [0.25, 0.3) is 0 Å². The van der Waals surface area contributed by atoms with Crippen molar-refractivity contribution in [3.63, 3.8) is 0 Å². The lowest BCUT2D eigenvalue weighted by Crippen LogP contribution is -2.41.